The lowest BCUT2D eigenvalue weighted by molar-refractivity contribution is 0.0694. The third kappa shape index (κ3) is 1.65. The maximum Gasteiger partial charge on any atom is 0.337 e. The van der Waals surface area contributed by atoms with E-state index in [1.54, 1.807) is 0 Å². The van der Waals surface area contributed by atoms with E-state index < -0.39 is 11.8 Å². The van der Waals surface area contributed by atoms with Crippen LogP contribution in [0.25, 0.3) is 0 Å². The van der Waals surface area contributed by atoms with Crippen molar-refractivity contribution in [2.24, 2.45) is 0 Å². The summed E-state index contributed by atoms with van der Waals surface area (Å²) in [6.45, 7) is 1.53. The molecule has 0 amide bonds. The predicted octanol–water partition coefficient (Wildman–Crippen LogP) is 2.18. The van der Waals surface area contributed by atoms with E-state index in [1.807, 2.05) is 0 Å². The molecule has 0 saturated carbocycles. The Balaban J connectivity index is 3.56. The van der Waals surface area contributed by atoms with Crippen LogP contribution < -0.4 is 5.73 Å². The van der Waals surface area contributed by atoms with E-state index in [1.165, 1.54) is 6.92 Å². The van der Waals surface area contributed by atoms with Gasteiger partial charge in [0.05, 0.1) is 10.0 Å². The zero-order chi connectivity index (χ0) is 10.2. The number of halogens is 2. The van der Waals surface area contributed by atoms with E-state index >= 15 is 0 Å². The second kappa shape index (κ2) is 3.33. The fourth-order valence-electron chi connectivity index (χ4n) is 0.991. The highest BCUT2D eigenvalue weighted by atomic mass is 79.9. The van der Waals surface area contributed by atoms with Gasteiger partial charge >= 0.3 is 5.97 Å². The van der Waals surface area contributed by atoms with Crippen LogP contribution in [0.3, 0.4) is 0 Å². The molecular weight excluding hydrogens is 241 g/mol. The summed E-state index contributed by atoms with van der Waals surface area (Å²) in [5.74, 6) is -1.86. The third-order valence-corrected chi connectivity index (χ3v) is 2.51. The second-order valence-electron chi connectivity index (χ2n) is 2.57. The average Bonchev–Trinajstić information content (AvgIpc) is 2.01. The van der Waals surface area contributed by atoms with Crippen molar-refractivity contribution in [3.63, 3.8) is 0 Å². The topological polar surface area (TPSA) is 63.3 Å². The van der Waals surface area contributed by atoms with Gasteiger partial charge in [-0.05, 0) is 34.5 Å². The Morgan fingerprint density at radius 2 is 2.23 bits per heavy atom. The first-order chi connectivity index (χ1) is 5.95. The molecule has 3 N–H and O–H groups in total. The zero-order valence-electron chi connectivity index (χ0n) is 6.77. The molecule has 0 heterocycles. The molecule has 0 radical (unpaired) electrons. The number of hydrogen-bond donors (Lipinski definition) is 2. The Hall–Kier alpha value is -1.10. The van der Waals surface area contributed by atoms with Gasteiger partial charge in [0.25, 0.3) is 0 Å². The lowest BCUT2D eigenvalue weighted by Gasteiger charge is -2.07. The predicted molar refractivity (Wildman–Crippen MR) is 50.2 cm³/mol. The van der Waals surface area contributed by atoms with Crippen molar-refractivity contribution in [1.82, 2.24) is 0 Å². The number of hydrogen-bond acceptors (Lipinski definition) is 2. The number of nitrogens with two attached hydrogens (primary N) is 1. The molecule has 0 aliphatic rings. The van der Waals surface area contributed by atoms with E-state index in [4.69, 9.17) is 10.8 Å². The molecule has 13 heavy (non-hydrogen) atoms. The number of rotatable bonds is 1. The van der Waals surface area contributed by atoms with Gasteiger partial charge in [0.2, 0.25) is 0 Å². The average molecular weight is 248 g/mol. The molecule has 0 spiro atoms. The minimum Gasteiger partial charge on any atom is -0.478 e. The van der Waals surface area contributed by atoms with Gasteiger partial charge in [-0.3, -0.25) is 0 Å². The van der Waals surface area contributed by atoms with Gasteiger partial charge in [-0.1, -0.05) is 0 Å². The van der Waals surface area contributed by atoms with Gasteiger partial charge in [0.15, 0.2) is 0 Å². The molecule has 0 unspecified atom stereocenters. The fourth-order valence-corrected chi connectivity index (χ4v) is 1.57. The summed E-state index contributed by atoms with van der Waals surface area (Å²) in [6.07, 6.45) is 0. The Kier molecular flexibility index (Phi) is 2.56. The molecule has 1 aromatic rings. The number of carboxylic acids is 1. The largest absolute Gasteiger partial charge is 0.478 e. The molecular formula is C8H7BrFNO2. The summed E-state index contributed by atoms with van der Waals surface area (Å²) in [7, 11) is 0. The SMILES string of the molecule is Cc1c(N)cc(F)c(Br)c1C(=O)O. The van der Waals surface area contributed by atoms with Gasteiger partial charge in [-0.15, -0.1) is 0 Å². The molecule has 70 valence electrons. The third-order valence-electron chi connectivity index (χ3n) is 1.73. The molecule has 0 saturated heterocycles. The van der Waals surface area contributed by atoms with E-state index in [-0.39, 0.29) is 15.7 Å². The van der Waals surface area contributed by atoms with Crippen LogP contribution in [0, 0.1) is 12.7 Å². The highest BCUT2D eigenvalue weighted by Gasteiger charge is 2.17. The van der Waals surface area contributed by atoms with Crippen LogP contribution in [0.2, 0.25) is 0 Å². The molecule has 1 rings (SSSR count). The van der Waals surface area contributed by atoms with E-state index in [9.17, 15) is 9.18 Å². The van der Waals surface area contributed by atoms with Gasteiger partial charge in [0.1, 0.15) is 5.82 Å². The molecule has 0 atom stereocenters. The normalized spacial score (nSPS) is 10.1. The molecule has 0 aliphatic heterocycles. The Labute approximate surface area is 82.5 Å². The van der Waals surface area contributed by atoms with Crippen molar-refractivity contribution >= 4 is 27.6 Å². The van der Waals surface area contributed by atoms with Gasteiger partial charge in [-0.2, -0.15) is 0 Å². The minimum atomic E-state index is -1.20. The second-order valence-corrected chi connectivity index (χ2v) is 3.36. The molecule has 0 bridgehead atoms. The number of benzene rings is 1. The summed E-state index contributed by atoms with van der Waals surface area (Å²) in [4.78, 5) is 10.7. The summed E-state index contributed by atoms with van der Waals surface area (Å²) < 4.78 is 12.9. The molecule has 0 aromatic heterocycles. The molecule has 0 aliphatic carbocycles. The van der Waals surface area contributed by atoms with Crippen molar-refractivity contribution in [2.45, 2.75) is 6.92 Å². The lowest BCUT2D eigenvalue weighted by atomic mass is 10.1. The summed E-state index contributed by atoms with van der Waals surface area (Å²) in [5, 5.41) is 8.74. The Bertz CT molecular complexity index is 353. The van der Waals surface area contributed by atoms with Crippen molar-refractivity contribution in [1.29, 1.82) is 0 Å². The fraction of sp³-hybridized carbons (Fsp3) is 0.125. The number of carboxylic acid groups (broad SMARTS) is 1. The highest BCUT2D eigenvalue weighted by Crippen LogP contribution is 2.28. The quantitative estimate of drug-likeness (QED) is 0.748. The van der Waals surface area contributed by atoms with Crippen LogP contribution in [0.5, 0.6) is 0 Å². The van der Waals surface area contributed by atoms with Gasteiger partial charge in [0, 0.05) is 5.69 Å². The van der Waals surface area contributed by atoms with Crippen molar-refractivity contribution in [2.75, 3.05) is 5.73 Å². The van der Waals surface area contributed by atoms with Crippen LogP contribution in [-0.4, -0.2) is 11.1 Å². The first kappa shape index (κ1) is 9.98. The number of nitrogen functional groups attached to an aromatic ring is 1. The standard InChI is InChI=1S/C8H7BrFNO2/c1-3-5(11)2-4(10)7(9)6(3)8(12)13/h2H,11H2,1H3,(H,12,13). The molecule has 0 fully saturated rings. The van der Waals surface area contributed by atoms with Gasteiger partial charge in [-0.25, -0.2) is 9.18 Å². The maximum absolute atomic E-state index is 13.0. The Morgan fingerprint density at radius 3 is 2.69 bits per heavy atom. The number of aromatic carboxylic acids is 1. The van der Waals surface area contributed by atoms with E-state index in [0.717, 1.165) is 6.07 Å². The first-order valence-electron chi connectivity index (χ1n) is 3.42. The molecule has 3 nitrogen and oxygen atoms in total. The zero-order valence-corrected chi connectivity index (χ0v) is 8.35. The number of anilines is 1. The summed E-state index contributed by atoms with van der Waals surface area (Å²) >= 11 is 2.85. The van der Waals surface area contributed by atoms with Crippen molar-refractivity contribution in [3.05, 3.63) is 27.5 Å². The van der Waals surface area contributed by atoms with Crippen molar-refractivity contribution < 1.29 is 14.3 Å². The summed E-state index contributed by atoms with van der Waals surface area (Å²) in [5.41, 5.74) is 5.78. The van der Waals surface area contributed by atoms with Crippen molar-refractivity contribution in [3.8, 4) is 0 Å². The minimum absolute atomic E-state index is 0.0632. The van der Waals surface area contributed by atoms with E-state index in [0.29, 0.717) is 5.56 Å². The summed E-state index contributed by atoms with van der Waals surface area (Å²) in [6, 6.07) is 1.09. The van der Waals surface area contributed by atoms with E-state index in [2.05, 4.69) is 15.9 Å². The van der Waals surface area contributed by atoms with Gasteiger partial charge < -0.3 is 10.8 Å². The number of carbonyl (C=O) groups is 1. The van der Waals surface area contributed by atoms with Crippen LogP contribution in [0.1, 0.15) is 15.9 Å². The smallest absolute Gasteiger partial charge is 0.337 e. The molecule has 5 heteroatoms. The van der Waals surface area contributed by atoms with Crippen LogP contribution >= 0.6 is 15.9 Å². The lowest BCUT2D eigenvalue weighted by Crippen LogP contribution is -2.05. The first-order valence-corrected chi connectivity index (χ1v) is 4.21. The van der Waals surface area contributed by atoms with Crippen LogP contribution in [0.4, 0.5) is 10.1 Å². The monoisotopic (exact) mass is 247 g/mol. The molecule has 1 aromatic carbocycles. The Morgan fingerprint density at radius 1 is 1.69 bits per heavy atom. The maximum atomic E-state index is 13.0. The van der Waals surface area contributed by atoms with Crippen LogP contribution in [-0.2, 0) is 0 Å². The van der Waals surface area contributed by atoms with Crippen LogP contribution in [0.15, 0.2) is 10.5 Å². The highest BCUT2D eigenvalue weighted by molar-refractivity contribution is 9.10.